The number of urea groups is 1. The van der Waals surface area contributed by atoms with E-state index in [1.807, 2.05) is 0 Å². The number of aromatic hydroxyl groups is 2. The van der Waals surface area contributed by atoms with Gasteiger partial charge < -0.3 is 45.2 Å². The van der Waals surface area contributed by atoms with Crippen LogP contribution in [0.3, 0.4) is 0 Å². The van der Waals surface area contributed by atoms with Gasteiger partial charge in [-0.1, -0.05) is 12.8 Å². The molecule has 1 aromatic heterocycles. The van der Waals surface area contributed by atoms with E-state index in [9.17, 15) is 39.0 Å². The molecule has 0 saturated heterocycles. The lowest BCUT2D eigenvalue weighted by Crippen LogP contribution is -2.53. The summed E-state index contributed by atoms with van der Waals surface area (Å²) in [6.45, 7) is 15.6. The van der Waals surface area contributed by atoms with E-state index >= 15 is 0 Å². The van der Waals surface area contributed by atoms with Crippen LogP contribution in [0.4, 0.5) is 4.79 Å². The number of esters is 3. The Balaban J connectivity index is 2.57. The largest absolute Gasteiger partial charge is 0.492 e. The van der Waals surface area contributed by atoms with E-state index in [1.54, 1.807) is 62.3 Å². The van der Waals surface area contributed by atoms with Gasteiger partial charge >= 0.3 is 29.9 Å². The Bertz CT molecular complexity index is 1320. The second kappa shape index (κ2) is 21.1. The van der Waals surface area contributed by atoms with Gasteiger partial charge in [-0.2, -0.15) is 0 Å². The first kappa shape index (κ1) is 45.5. The van der Waals surface area contributed by atoms with Gasteiger partial charge in [0.2, 0.25) is 17.7 Å². The number of carbonyl (C=O) groups excluding carboxylic acids is 6. The normalized spacial score (nSPS) is 12.9. The maximum Gasteiger partial charge on any atom is 0.333 e. The van der Waals surface area contributed by atoms with E-state index in [0.717, 1.165) is 0 Å². The quantitative estimate of drug-likeness (QED) is 0.0717. The van der Waals surface area contributed by atoms with Crippen LogP contribution in [0, 0.1) is 0 Å². The number of nitrogens with one attached hydrogen (secondary N) is 3. The molecule has 5 N–H and O–H groups in total. The highest BCUT2D eigenvalue weighted by atomic mass is 16.7. The molecule has 0 radical (unpaired) electrons. The highest BCUT2D eigenvalue weighted by molar-refractivity contribution is 5.87. The first-order valence-electron chi connectivity index (χ1n) is 17.8. The van der Waals surface area contributed by atoms with Crippen LogP contribution in [0.15, 0.2) is 12.1 Å². The molecule has 0 fully saturated rings. The van der Waals surface area contributed by atoms with E-state index in [2.05, 4.69) is 16.0 Å². The molecule has 3 amide bonds. The smallest absolute Gasteiger partial charge is 0.333 e. The van der Waals surface area contributed by atoms with E-state index in [1.165, 1.54) is 12.1 Å². The topological polar surface area (TPSA) is 221 Å². The van der Waals surface area contributed by atoms with Gasteiger partial charge in [0.15, 0.2) is 0 Å². The molecule has 1 aromatic rings. The van der Waals surface area contributed by atoms with Gasteiger partial charge in [0.05, 0.1) is 0 Å². The average Bonchev–Trinajstić information content (AvgIpc) is 3.29. The fourth-order valence-corrected chi connectivity index (χ4v) is 4.60. The minimum absolute atomic E-state index is 0.0858. The van der Waals surface area contributed by atoms with Gasteiger partial charge in [-0.25, -0.2) is 19.2 Å². The number of rotatable bonds is 20. The predicted molar refractivity (Wildman–Crippen MR) is 190 cm³/mol. The molecule has 0 spiro atoms. The summed E-state index contributed by atoms with van der Waals surface area (Å²) >= 11 is 0. The summed E-state index contributed by atoms with van der Waals surface area (Å²) in [5.74, 6) is -3.48. The lowest BCUT2D eigenvalue weighted by Gasteiger charge is -2.27. The van der Waals surface area contributed by atoms with Crippen molar-refractivity contribution in [2.24, 2.45) is 0 Å². The van der Waals surface area contributed by atoms with Crippen LogP contribution in [0.2, 0.25) is 0 Å². The summed E-state index contributed by atoms with van der Waals surface area (Å²) in [7, 11) is 0. The van der Waals surface area contributed by atoms with Crippen molar-refractivity contribution in [2.75, 3.05) is 6.54 Å². The average molecular weight is 741 g/mol. The summed E-state index contributed by atoms with van der Waals surface area (Å²) in [6.07, 6.45) is 3.81. The van der Waals surface area contributed by atoms with Crippen LogP contribution in [-0.2, 0) is 38.2 Å². The van der Waals surface area contributed by atoms with Crippen LogP contribution in [-0.4, -0.2) is 86.2 Å². The van der Waals surface area contributed by atoms with E-state index < -0.39 is 58.8 Å². The van der Waals surface area contributed by atoms with Crippen LogP contribution in [0.5, 0.6) is 11.8 Å². The standard InChI is InChI=1S/C36H60N4O12/c1-34(2,3)49-29(44)22-19-25(32(47)51-36(7,8)9)39-33(48)38-24(31(46)50-35(4,5)6)16-14-15-23-37-26(41)17-12-10-11-13-18-30(45)52-40-27(42)20-21-28(40)43/h20-21,24-25,42-43H,10-19,22-23H2,1-9H3,(H,37,41)(H2,38,39,48)/t24-,25-/m0/s1. The molecule has 0 aliphatic heterocycles. The Morgan fingerprint density at radius 1 is 0.615 bits per heavy atom. The van der Waals surface area contributed by atoms with Gasteiger partial charge in [-0.15, -0.1) is 4.73 Å². The summed E-state index contributed by atoms with van der Waals surface area (Å²) in [5, 5.41) is 27.0. The van der Waals surface area contributed by atoms with Crippen molar-refractivity contribution in [2.45, 2.75) is 162 Å². The molecule has 0 aromatic carbocycles. The first-order valence-corrected chi connectivity index (χ1v) is 17.8. The minimum Gasteiger partial charge on any atom is -0.492 e. The van der Waals surface area contributed by atoms with Gasteiger partial charge in [0.25, 0.3) is 0 Å². The Kier molecular flexibility index (Phi) is 18.5. The lowest BCUT2D eigenvalue weighted by molar-refractivity contribution is -0.159. The number of aromatic nitrogens is 1. The summed E-state index contributed by atoms with van der Waals surface area (Å²) in [5.41, 5.74) is -2.40. The third-order valence-electron chi connectivity index (χ3n) is 6.82. The highest BCUT2D eigenvalue weighted by Crippen LogP contribution is 2.19. The van der Waals surface area contributed by atoms with Crippen LogP contribution in [0.25, 0.3) is 0 Å². The molecule has 16 heteroatoms. The molecule has 0 unspecified atom stereocenters. The van der Waals surface area contributed by atoms with Crippen LogP contribution >= 0.6 is 0 Å². The molecular formula is C36H60N4O12. The van der Waals surface area contributed by atoms with Gasteiger partial charge in [0, 0.05) is 37.9 Å². The second-order valence-corrected chi connectivity index (χ2v) is 15.5. The number of amides is 3. The van der Waals surface area contributed by atoms with Crippen molar-refractivity contribution < 1.29 is 58.0 Å². The van der Waals surface area contributed by atoms with Gasteiger partial charge in [-0.05, 0) is 101 Å². The predicted octanol–water partition coefficient (Wildman–Crippen LogP) is 4.32. The monoisotopic (exact) mass is 740 g/mol. The molecule has 1 heterocycles. The van der Waals surface area contributed by atoms with Crippen molar-refractivity contribution in [1.29, 1.82) is 0 Å². The van der Waals surface area contributed by atoms with Crippen molar-refractivity contribution in [3.8, 4) is 11.8 Å². The lowest BCUT2D eigenvalue weighted by atomic mass is 10.1. The molecule has 1 rings (SSSR count). The maximum atomic E-state index is 13.1. The molecular weight excluding hydrogens is 680 g/mol. The number of hydrogen-bond donors (Lipinski definition) is 5. The number of ether oxygens (including phenoxy) is 3. The molecule has 2 atom stereocenters. The Hall–Kier alpha value is -4.50. The molecule has 52 heavy (non-hydrogen) atoms. The molecule has 0 saturated carbocycles. The summed E-state index contributed by atoms with van der Waals surface area (Å²) < 4.78 is 16.9. The van der Waals surface area contributed by atoms with Crippen molar-refractivity contribution in [3.05, 3.63) is 12.1 Å². The van der Waals surface area contributed by atoms with Gasteiger partial charge in [-0.3, -0.25) is 9.59 Å². The van der Waals surface area contributed by atoms with Gasteiger partial charge in [0.1, 0.15) is 28.9 Å². The molecule has 16 nitrogen and oxygen atoms in total. The second-order valence-electron chi connectivity index (χ2n) is 15.5. The zero-order valence-electron chi connectivity index (χ0n) is 32.2. The SMILES string of the molecule is CC(C)(C)OC(=O)CC[C@H](NC(=O)N[C@@H](CCCCNC(=O)CCCCCCC(=O)On1c(O)ccc1O)C(=O)OC(C)(C)C)C(=O)OC(C)(C)C. The zero-order chi connectivity index (χ0) is 39.7. The fourth-order valence-electron chi connectivity index (χ4n) is 4.60. The number of hydrogen-bond acceptors (Lipinski definition) is 12. The highest BCUT2D eigenvalue weighted by Gasteiger charge is 2.31. The molecule has 0 bridgehead atoms. The van der Waals surface area contributed by atoms with E-state index in [-0.39, 0.29) is 43.4 Å². The van der Waals surface area contributed by atoms with Crippen molar-refractivity contribution >= 4 is 35.8 Å². The Morgan fingerprint density at radius 2 is 1.10 bits per heavy atom. The Labute approximate surface area is 306 Å². The minimum atomic E-state index is -1.20. The zero-order valence-corrected chi connectivity index (χ0v) is 32.2. The molecule has 0 aliphatic carbocycles. The molecule has 296 valence electrons. The summed E-state index contributed by atoms with van der Waals surface area (Å²) in [6, 6.07) is -0.687. The molecule has 0 aliphatic rings. The maximum absolute atomic E-state index is 13.1. The first-order chi connectivity index (χ1) is 24.0. The summed E-state index contributed by atoms with van der Waals surface area (Å²) in [4.78, 5) is 80.4. The number of carbonyl (C=O) groups is 6. The number of unbranched alkanes of at least 4 members (excludes halogenated alkanes) is 4. The number of nitrogens with zero attached hydrogens (tertiary/aromatic N) is 1. The van der Waals surface area contributed by atoms with Crippen molar-refractivity contribution in [3.63, 3.8) is 0 Å². The Morgan fingerprint density at radius 3 is 1.60 bits per heavy atom. The van der Waals surface area contributed by atoms with Crippen molar-refractivity contribution in [1.82, 2.24) is 20.7 Å². The third kappa shape index (κ3) is 21.0. The fraction of sp³-hybridized carbons (Fsp3) is 0.722. The van der Waals surface area contributed by atoms with Crippen LogP contribution < -0.4 is 20.8 Å². The van der Waals surface area contributed by atoms with Crippen LogP contribution in [0.1, 0.15) is 133 Å². The van der Waals surface area contributed by atoms with E-state index in [0.29, 0.717) is 56.2 Å². The van der Waals surface area contributed by atoms with E-state index in [4.69, 9.17) is 19.0 Å². The third-order valence-corrected chi connectivity index (χ3v) is 6.82.